The summed E-state index contributed by atoms with van der Waals surface area (Å²) in [6, 6.07) is 0. The first-order valence-electron chi connectivity index (χ1n) is 6.12. The summed E-state index contributed by atoms with van der Waals surface area (Å²) in [6.07, 6.45) is -2.49. The van der Waals surface area contributed by atoms with Crippen LogP contribution in [-0.2, 0) is 4.74 Å². The maximum atomic E-state index is 12.0. The zero-order chi connectivity index (χ0) is 12.7. The molecule has 0 bridgehead atoms. The van der Waals surface area contributed by atoms with E-state index in [2.05, 4.69) is 4.90 Å². The second-order valence-electron chi connectivity index (χ2n) is 4.42. The van der Waals surface area contributed by atoms with Gasteiger partial charge in [0.25, 0.3) is 0 Å². The lowest BCUT2D eigenvalue weighted by Gasteiger charge is -2.31. The van der Waals surface area contributed by atoms with Crippen molar-refractivity contribution in [3.8, 4) is 0 Å². The Morgan fingerprint density at radius 1 is 1.24 bits per heavy atom. The van der Waals surface area contributed by atoms with Gasteiger partial charge in [-0.1, -0.05) is 0 Å². The SMILES string of the molecule is NCCOC1CCN(CCCC(F)(F)F)CC1. The van der Waals surface area contributed by atoms with E-state index in [0.717, 1.165) is 25.9 Å². The van der Waals surface area contributed by atoms with Crippen LogP contribution in [0, 0.1) is 0 Å². The van der Waals surface area contributed by atoms with E-state index >= 15 is 0 Å². The van der Waals surface area contributed by atoms with E-state index in [9.17, 15) is 13.2 Å². The molecular weight excluding hydrogens is 233 g/mol. The smallest absolute Gasteiger partial charge is 0.377 e. The molecule has 1 rings (SSSR count). The van der Waals surface area contributed by atoms with Crippen LogP contribution in [0.1, 0.15) is 25.7 Å². The lowest BCUT2D eigenvalue weighted by molar-refractivity contribution is -0.136. The van der Waals surface area contributed by atoms with E-state index in [1.165, 1.54) is 0 Å². The molecule has 2 N–H and O–H groups in total. The van der Waals surface area contributed by atoms with Gasteiger partial charge >= 0.3 is 6.18 Å². The lowest BCUT2D eigenvalue weighted by atomic mass is 10.1. The zero-order valence-corrected chi connectivity index (χ0v) is 10.0. The van der Waals surface area contributed by atoms with Gasteiger partial charge in [0.2, 0.25) is 0 Å². The molecule has 0 spiro atoms. The molecule has 17 heavy (non-hydrogen) atoms. The predicted molar refractivity (Wildman–Crippen MR) is 59.8 cm³/mol. The van der Waals surface area contributed by atoms with Crippen LogP contribution in [0.5, 0.6) is 0 Å². The molecule has 1 heterocycles. The van der Waals surface area contributed by atoms with Gasteiger partial charge in [-0.05, 0) is 25.8 Å². The second kappa shape index (κ2) is 7.18. The Labute approximate surface area is 100 Å². The fourth-order valence-corrected chi connectivity index (χ4v) is 2.04. The van der Waals surface area contributed by atoms with Crippen LogP contribution in [0.15, 0.2) is 0 Å². The largest absolute Gasteiger partial charge is 0.389 e. The highest BCUT2D eigenvalue weighted by Crippen LogP contribution is 2.22. The zero-order valence-electron chi connectivity index (χ0n) is 10.0. The predicted octanol–water partition coefficient (Wildman–Crippen LogP) is 1.77. The Hall–Kier alpha value is -0.330. The van der Waals surface area contributed by atoms with Crippen LogP contribution in [0.25, 0.3) is 0 Å². The average molecular weight is 254 g/mol. The van der Waals surface area contributed by atoms with E-state index in [1.54, 1.807) is 0 Å². The number of piperidine rings is 1. The third-order valence-corrected chi connectivity index (χ3v) is 2.94. The molecule has 0 amide bonds. The summed E-state index contributed by atoms with van der Waals surface area (Å²) in [6.45, 7) is 3.27. The van der Waals surface area contributed by atoms with Gasteiger partial charge in [-0.15, -0.1) is 0 Å². The fourth-order valence-electron chi connectivity index (χ4n) is 2.04. The molecular formula is C11H21F3N2O. The summed E-state index contributed by atoms with van der Waals surface area (Å²) >= 11 is 0. The second-order valence-corrected chi connectivity index (χ2v) is 4.42. The minimum absolute atomic E-state index is 0.192. The van der Waals surface area contributed by atoms with Crippen molar-refractivity contribution in [2.75, 3.05) is 32.8 Å². The Morgan fingerprint density at radius 2 is 1.88 bits per heavy atom. The molecule has 0 saturated carbocycles. The van der Waals surface area contributed by atoms with Crippen LogP contribution in [0.4, 0.5) is 13.2 Å². The van der Waals surface area contributed by atoms with Crippen molar-refractivity contribution in [3.63, 3.8) is 0 Å². The highest BCUT2D eigenvalue weighted by atomic mass is 19.4. The number of rotatable bonds is 6. The summed E-state index contributed by atoms with van der Waals surface area (Å²) < 4.78 is 41.4. The van der Waals surface area contributed by atoms with Crippen molar-refractivity contribution in [1.29, 1.82) is 0 Å². The van der Waals surface area contributed by atoms with Crippen LogP contribution in [-0.4, -0.2) is 50.0 Å². The van der Waals surface area contributed by atoms with Crippen molar-refractivity contribution >= 4 is 0 Å². The maximum Gasteiger partial charge on any atom is 0.389 e. The summed E-state index contributed by atoms with van der Waals surface area (Å²) in [5.41, 5.74) is 5.34. The maximum absolute atomic E-state index is 12.0. The minimum Gasteiger partial charge on any atom is -0.377 e. The van der Waals surface area contributed by atoms with Gasteiger partial charge in [0, 0.05) is 26.1 Å². The van der Waals surface area contributed by atoms with Crippen molar-refractivity contribution in [1.82, 2.24) is 4.90 Å². The highest BCUT2D eigenvalue weighted by Gasteiger charge is 2.27. The van der Waals surface area contributed by atoms with Crippen molar-refractivity contribution < 1.29 is 17.9 Å². The molecule has 1 aliphatic heterocycles. The molecule has 0 atom stereocenters. The van der Waals surface area contributed by atoms with Crippen LogP contribution >= 0.6 is 0 Å². The number of halogens is 3. The van der Waals surface area contributed by atoms with Gasteiger partial charge < -0.3 is 15.4 Å². The molecule has 0 aromatic heterocycles. The first-order chi connectivity index (χ1) is 8.01. The standard InChI is InChI=1S/C11H21F3N2O/c12-11(13,14)4-1-6-16-7-2-10(3-8-16)17-9-5-15/h10H,1-9,15H2. The van der Waals surface area contributed by atoms with Gasteiger partial charge in [-0.25, -0.2) is 0 Å². The van der Waals surface area contributed by atoms with Crippen LogP contribution in [0.2, 0.25) is 0 Å². The number of hydrogen-bond donors (Lipinski definition) is 1. The van der Waals surface area contributed by atoms with Gasteiger partial charge in [-0.2, -0.15) is 13.2 Å². The Morgan fingerprint density at radius 3 is 2.41 bits per heavy atom. The van der Waals surface area contributed by atoms with Crippen molar-refractivity contribution in [2.45, 2.75) is 38.0 Å². The first kappa shape index (κ1) is 14.7. The molecule has 0 aromatic carbocycles. The molecule has 0 aromatic rings. The Balaban J connectivity index is 2.07. The van der Waals surface area contributed by atoms with Gasteiger partial charge in [0.1, 0.15) is 0 Å². The summed E-state index contributed by atoms with van der Waals surface area (Å²) in [4.78, 5) is 2.08. The topological polar surface area (TPSA) is 38.5 Å². The summed E-state index contributed by atoms with van der Waals surface area (Å²) in [7, 11) is 0. The van der Waals surface area contributed by atoms with Gasteiger partial charge in [0.05, 0.1) is 12.7 Å². The fraction of sp³-hybridized carbons (Fsp3) is 1.00. The number of alkyl halides is 3. The van der Waals surface area contributed by atoms with Gasteiger partial charge in [0.15, 0.2) is 0 Å². The van der Waals surface area contributed by atoms with Crippen LogP contribution < -0.4 is 5.73 Å². The summed E-state index contributed by atoms with van der Waals surface area (Å²) in [5.74, 6) is 0. The van der Waals surface area contributed by atoms with Crippen LogP contribution in [0.3, 0.4) is 0 Å². The van der Waals surface area contributed by atoms with E-state index < -0.39 is 12.6 Å². The number of nitrogens with two attached hydrogens (primary N) is 1. The quantitative estimate of drug-likeness (QED) is 0.785. The molecule has 1 fully saturated rings. The third-order valence-electron chi connectivity index (χ3n) is 2.94. The number of hydrogen-bond acceptors (Lipinski definition) is 3. The normalized spacial score (nSPS) is 19.8. The summed E-state index contributed by atoms with van der Waals surface area (Å²) in [5, 5.41) is 0. The van der Waals surface area contributed by atoms with Crippen molar-refractivity contribution in [3.05, 3.63) is 0 Å². The van der Waals surface area contributed by atoms with E-state index in [0.29, 0.717) is 19.7 Å². The number of nitrogens with zero attached hydrogens (tertiary/aromatic N) is 1. The Bertz CT molecular complexity index is 203. The number of likely N-dealkylation sites (tertiary alicyclic amines) is 1. The molecule has 0 radical (unpaired) electrons. The molecule has 0 unspecified atom stereocenters. The molecule has 1 aliphatic rings. The van der Waals surface area contributed by atoms with E-state index in [-0.39, 0.29) is 12.5 Å². The van der Waals surface area contributed by atoms with Crippen molar-refractivity contribution in [2.24, 2.45) is 5.73 Å². The Kier molecular flexibility index (Phi) is 6.22. The van der Waals surface area contributed by atoms with E-state index in [4.69, 9.17) is 10.5 Å². The molecule has 0 aliphatic carbocycles. The van der Waals surface area contributed by atoms with Gasteiger partial charge in [-0.3, -0.25) is 0 Å². The molecule has 102 valence electrons. The molecule has 1 saturated heterocycles. The third kappa shape index (κ3) is 6.85. The average Bonchev–Trinajstić information content (AvgIpc) is 2.26. The molecule has 6 heteroatoms. The molecule has 3 nitrogen and oxygen atoms in total. The first-order valence-corrected chi connectivity index (χ1v) is 6.12. The minimum atomic E-state index is -4.03. The monoisotopic (exact) mass is 254 g/mol. The number of ether oxygens (including phenoxy) is 1. The highest BCUT2D eigenvalue weighted by molar-refractivity contribution is 4.72. The lowest BCUT2D eigenvalue weighted by Crippen LogP contribution is -2.38. The van der Waals surface area contributed by atoms with E-state index in [1.807, 2.05) is 0 Å².